The molecule has 0 unspecified atom stereocenters. The molecular weight excluding hydrogens is 254 g/mol. The fraction of sp³-hybridized carbons (Fsp3) is 0.200. The number of H-pyrrole nitrogens is 1. The van der Waals surface area contributed by atoms with Crippen LogP contribution < -0.4 is 5.32 Å². The molecule has 0 aliphatic rings. The second kappa shape index (κ2) is 6.55. The molecule has 1 amide bonds. The summed E-state index contributed by atoms with van der Waals surface area (Å²) in [5.74, 6) is 5.85. The molecule has 0 atom stereocenters. The van der Waals surface area contributed by atoms with Crippen molar-refractivity contribution in [2.45, 2.75) is 13.3 Å². The molecule has 1 aromatic carbocycles. The molecule has 5 nitrogen and oxygen atoms in total. The summed E-state index contributed by atoms with van der Waals surface area (Å²) in [4.78, 5) is 19.0. The number of hydrogen-bond donors (Lipinski definition) is 3. The summed E-state index contributed by atoms with van der Waals surface area (Å²) in [6, 6.07) is 5.48. The average Bonchev–Trinajstić information content (AvgIpc) is 2.93. The number of benzene rings is 1. The largest absolute Gasteiger partial charge is 0.395 e. The maximum atomic E-state index is 12.2. The maximum absolute atomic E-state index is 12.2. The average molecular weight is 269 g/mol. The van der Waals surface area contributed by atoms with E-state index >= 15 is 0 Å². The van der Waals surface area contributed by atoms with E-state index in [9.17, 15) is 4.79 Å². The normalized spacial score (nSPS) is 9.70. The van der Waals surface area contributed by atoms with Crippen molar-refractivity contribution in [2.75, 3.05) is 11.9 Å². The topological polar surface area (TPSA) is 78.0 Å². The molecule has 0 saturated heterocycles. The number of aromatic amines is 1. The standard InChI is InChI=1S/C15H15N3O2/c1-11-5-6-12(4-2-3-9-19)13(10-11)14(20)18-15-16-7-8-17-15/h5-8,10,19H,3,9H2,1H3,(H2,16,17,18,20). The van der Waals surface area contributed by atoms with Gasteiger partial charge in [0.05, 0.1) is 12.2 Å². The Kier molecular flexibility index (Phi) is 4.53. The van der Waals surface area contributed by atoms with Crippen LogP contribution in [0.3, 0.4) is 0 Å². The zero-order chi connectivity index (χ0) is 14.4. The van der Waals surface area contributed by atoms with Gasteiger partial charge in [0.25, 0.3) is 5.91 Å². The van der Waals surface area contributed by atoms with Crippen molar-refractivity contribution >= 4 is 11.9 Å². The molecule has 0 saturated carbocycles. The predicted molar refractivity (Wildman–Crippen MR) is 76.3 cm³/mol. The molecular formula is C15H15N3O2. The van der Waals surface area contributed by atoms with E-state index in [0.29, 0.717) is 23.5 Å². The highest BCUT2D eigenvalue weighted by molar-refractivity contribution is 6.05. The third-order valence-electron chi connectivity index (χ3n) is 2.61. The Labute approximate surface area is 117 Å². The summed E-state index contributed by atoms with van der Waals surface area (Å²) in [5.41, 5.74) is 2.10. The first kappa shape index (κ1) is 13.8. The quantitative estimate of drug-likeness (QED) is 0.742. The highest BCUT2D eigenvalue weighted by Crippen LogP contribution is 2.12. The number of aryl methyl sites for hydroxylation is 1. The lowest BCUT2D eigenvalue weighted by molar-refractivity contribution is 0.102. The zero-order valence-corrected chi connectivity index (χ0v) is 11.1. The summed E-state index contributed by atoms with van der Waals surface area (Å²) >= 11 is 0. The van der Waals surface area contributed by atoms with Crippen molar-refractivity contribution in [3.8, 4) is 11.8 Å². The number of carbonyl (C=O) groups is 1. The second-order valence-corrected chi connectivity index (χ2v) is 4.22. The molecule has 2 rings (SSSR count). The number of rotatable bonds is 3. The van der Waals surface area contributed by atoms with Crippen LogP contribution in [0.1, 0.15) is 27.9 Å². The summed E-state index contributed by atoms with van der Waals surface area (Å²) in [6.07, 6.45) is 3.58. The number of anilines is 1. The number of aromatic nitrogens is 2. The van der Waals surface area contributed by atoms with E-state index in [0.717, 1.165) is 5.56 Å². The van der Waals surface area contributed by atoms with Gasteiger partial charge in [-0.2, -0.15) is 0 Å². The number of nitrogens with one attached hydrogen (secondary N) is 2. The molecule has 0 aliphatic heterocycles. The fourth-order valence-corrected chi connectivity index (χ4v) is 1.68. The van der Waals surface area contributed by atoms with E-state index in [-0.39, 0.29) is 12.5 Å². The van der Waals surface area contributed by atoms with E-state index in [1.807, 2.05) is 13.0 Å². The monoisotopic (exact) mass is 269 g/mol. The Hall–Kier alpha value is -2.58. The van der Waals surface area contributed by atoms with Crippen molar-refractivity contribution in [2.24, 2.45) is 0 Å². The second-order valence-electron chi connectivity index (χ2n) is 4.22. The van der Waals surface area contributed by atoms with Gasteiger partial charge in [0.2, 0.25) is 5.95 Å². The van der Waals surface area contributed by atoms with Gasteiger partial charge in [-0.25, -0.2) is 4.98 Å². The Bertz CT molecular complexity index is 651. The lowest BCUT2D eigenvalue weighted by Crippen LogP contribution is -2.14. The minimum Gasteiger partial charge on any atom is -0.395 e. The van der Waals surface area contributed by atoms with Gasteiger partial charge in [0.1, 0.15) is 0 Å². The summed E-state index contributed by atoms with van der Waals surface area (Å²) in [7, 11) is 0. The van der Waals surface area contributed by atoms with E-state index < -0.39 is 0 Å². The predicted octanol–water partition coefficient (Wildman–Crippen LogP) is 1.70. The van der Waals surface area contributed by atoms with E-state index in [4.69, 9.17) is 5.11 Å². The van der Waals surface area contributed by atoms with Gasteiger partial charge in [-0.3, -0.25) is 10.1 Å². The van der Waals surface area contributed by atoms with Crippen LogP contribution in [0.15, 0.2) is 30.6 Å². The van der Waals surface area contributed by atoms with Crippen LogP contribution in [-0.2, 0) is 0 Å². The van der Waals surface area contributed by atoms with Gasteiger partial charge < -0.3 is 10.1 Å². The summed E-state index contributed by atoms with van der Waals surface area (Å²) < 4.78 is 0. The zero-order valence-electron chi connectivity index (χ0n) is 11.1. The third kappa shape index (κ3) is 3.46. The van der Waals surface area contributed by atoms with Crippen LogP contribution >= 0.6 is 0 Å². The van der Waals surface area contributed by atoms with E-state index in [1.54, 1.807) is 24.5 Å². The van der Waals surface area contributed by atoms with Crippen LogP contribution in [0.25, 0.3) is 0 Å². The van der Waals surface area contributed by atoms with Crippen molar-refractivity contribution in [1.82, 2.24) is 9.97 Å². The highest BCUT2D eigenvalue weighted by Gasteiger charge is 2.11. The number of amides is 1. The third-order valence-corrected chi connectivity index (χ3v) is 2.61. The molecule has 20 heavy (non-hydrogen) atoms. The fourth-order valence-electron chi connectivity index (χ4n) is 1.68. The van der Waals surface area contributed by atoms with Crippen LogP contribution in [0.5, 0.6) is 0 Å². The molecule has 1 aromatic heterocycles. The first-order valence-electron chi connectivity index (χ1n) is 6.22. The van der Waals surface area contributed by atoms with Gasteiger partial charge in [0.15, 0.2) is 0 Å². The van der Waals surface area contributed by atoms with Crippen molar-refractivity contribution in [3.05, 3.63) is 47.3 Å². The molecule has 0 aliphatic carbocycles. The lowest BCUT2D eigenvalue weighted by Gasteiger charge is -2.06. The molecule has 1 heterocycles. The number of imidazole rings is 1. The van der Waals surface area contributed by atoms with Crippen LogP contribution in [0.2, 0.25) is 0 Å². The van der Waals surface area contributed by atoms with E-state index in [1.165, 1.54) is 0 Å². The molecule has 0 spiro atoms. The lowest BCUT2D eigenvalue weighted by atomic mass is 10.0. The summed E-state index contributed by atoms with van der Waals surface area (Å²) in [6.45, 7) is 1.92. The number of aliphatic hydroxyl groups is 1. The van der Waals surface area contributed by atoms with Crippen LogP contribution in [0.4, 0.5) is 5.95 Å². The molecule has 3 N–H and O–H groups in total. The van der Waals surface area contributed by atoms with Crippen LogP contribution in [0, 0.1) is 18.8 Å². The van der Waals surface area contributed by atoms with Crippen molar-refractivity contribution in [3.63, 3.8) is 0 Å². The number of carbonyl (C=O) groups excluding carboxylic acids is 1. The van der Waals surface area contributed by atoms with Gasteiger partial charge >= 0.3 is 0 Å². The van der Waals surface area contributed by atoms with Crippen molar-refractivity contribution < 1.29 is 9.90 Å². The van der Waals surface area contributed by atoms with Gasteiger partial charge in [-0.05, 0) is 19.1 Å². The minimum atomic E-state index is -0.267. The number of aliphatic hydroxyl groups excluding tert-OH is 1. The number of hydrogen-bond acceptors (Lipinski definition) is 3. The molecule has 2 aromatic rings. The summed E-state index contributed by atoms with van der Waals surface area (Å²) in [5, 5.41) is 11.4. The Balaban J connectivity index is 2.27. The molecule has 0 radical (unpaired) electrons. The molecule has 102 valence electrons. The van der Waals surface area contributed by atoms with Gasteiger partial charge in [0, 0.05) is 24.4 Å². The smallest absolute Gasteiger partial charge is 0.259 e. The first-order valence-corrected chi connectivity index (χ1v) is 6.22. The Morgan fingerprint density at radius 3 is 3.05 bits per heavy atom. The maximum Gasteiger partial charge on any atom is 0.259 e. The highest BCUT2D eigenvalue weighted by atomic mass is 16.2. The van der Waals surface area contributed by atoms with Crippen molar-refractivity contribution in [1.29, 1.82) is 0 Å². The Morgan fingerprint density at radius 2 is 2.35 bits per heavy atom. The van der Waals surface area contributed by atoms with Crippen LogP contribution in [-0.4, -0.2) is 27.6 Å². The molecule has 0 fully saturated rings. The number of nitrogens with zero attached hydrogens (tertiary/aromatic N) is 1. The SMILES string of the molecule is Cc1ccc(C#CCCO)c(C(=O)Nc2ncc[nH]2)c1. The van der Waals surface area contributed by atoms with Gasteiger partial charge in [-0.1, -0.05) is 23.5 Å². The van der Waals surface area contributed by atoms with Gasteiger partial charge in [-0.15, -0.1) is 0 Å². The minimum absolute atomic E-state index is 0.00673. The van der Waals surface area contributed by atoms with E-state index in [2.05, 4.69) is 27.1 Å². The molecule has 0 bridgehead atoms. The molecule has 5 heteroatoms. The first-order chi connectivity index (χ1) is 9.70. The Morgan fingerprint density at radius 1 is 1.50 bits per heavy atom.